The van der Waals surface area contributed by atoms with Crippen LogP contribution in [0.5, 0.6) is 0 Å². The van der Waals surface area contributed by atoms with Crippen LogP contribution in [0.2, 0.25) is 0 Å². The van der Waals surface area contributed by atoms with Crippen LogP contribution in [0.4, 0.5) is 17.1 Å². The Hall–Kier alpha value is -3.65. The molecular weight excluding hydrogens is 462 g/mol. The summed E-state index contributed by atoms with van der Waals surface area (Å²) in [5.74, 6) is -0.419. The van der Waals surface area contributed by atoms with Gasteiger partial charge in [0.05, 0.1) is 10.6 Å². The minimum atomic E-state index is -3.99. The van der Waals surface area contributed by atoms with E-state index in [0.29, 0.717) is 24.3 Å². The molecule has 1 heterocycles. The number of anilines is 3. The van der Waals surface area contributed by atoms with E-state index in [2.05, 4.69) is 5.32 Å². The van der Waals surface area contributed by atoms with Crippen molar-refractivity contribution in [2.75, 3.05) is 27.6 Å². The molecule has 35 heavy (non-hydrogen) atoms. The predicted octanol–water partition coefficient (Wildman–Crippen LogP) is 4.57. The fourth-order valence-corrected chi connectivity index (χ4v) is 5.77. The average Bonchev–Trinajstić information content (AvgIpc) is 3.24. The number of rotatable bonds is 7. The lowest BCUT2D eigenvalue weighted by molar-refractivity contribution is -0.117. The Bertz CT molecular complexity index is 1350. The van der Waals surface area contributed by atoms with Crippen molar-refractivity contribution in [1.29, 1.82) is 0 Å². The Kier molecular flexibility index (Phi) is 6.93. The normalized spacial score (nSPS) is 13.7. The molecule has 0 aromatic heterocycles. The van der Waals surface area contributed by atoms with E-state index in [0.717, 1.165) is 33.1 Å². The summed E-state index contributed by atoms with van der Waals surface area (Å²) in [6.07, 6.45) is 1.31. The number of aryl methyl sites for hydroxylation is 3. The minimum absolute atomic E-state index is 0.0616. The molecule has 3 aromatic rings. The van der Waals surface area contributed by atoms with Gasteiger partial charge in [0.1, 0.15) is 6.54 Å². The number of carbonyl (C=O) groups is 2. The highest BCUT2D eigenvalue weighted by molar-refractivity contribution is 7.92. The van der Waals surface area contributed by atoms with Gasteiger partial charge in [-0.05, 0) is 80.3 Å². The summed E-state index contributed by atoms with van der Waals surface area (Å²) in [6.45, 7) is 5.94. The van der Waals surface area contributed by atoms with E-state index >= 15 is 0 Å². The van der Waals surface area contributed by atoms with Crippen LogP contribution in [-0.4, -0.2) is 33.3 Å². The molecule has 0 saturated carbocycles. The van der Waals surface area contributed by atoms with Crippen molar-refractivity contribution in [1.82, 2.24) is 0 Å². The number of nitrogens with zero attached hydrogens (tertiary/aromatic N) is 2. The van der Waals surface area contributed by atoms with Crippen LogP contribution in [-0.2, 0) is 19.6 Å². The Balaban J connectivity index is 1.64. The molecule has 1 fully saturated rings. The molecule has 1 N–H and O–H groups in total. The molecule has 0 bridgehead atoms. The number of amides is 2. The van der Waals surface area contributed by atoms with Gasteiger partial charge in [-0.3, -0.25) is 13.9 Å². The predicted molar refractivity (Wildman–Crippen MR) is 138 cm³/mol. The molecule has 182 valence electrons. The fourth-order valence-electron chi connectivity index (χ4n) is 4.34. The highest BCUT2D eigenvalue weighted by Gasteiger charge is 2.28. The average molecular weight is 492 g/mol. The number of nitrogens with one attached hydrogen (secondary N) is 1. The van der Waals surface area contributed by atoms with Crippen molar-refractivity contribution in [3.05, 3.63) is 83.4 Å². The lowest BCUT2D eigenvalue weighted by Gasteiger charge is -2.25. The highest BCUT2D eigenvalue weighted by Crippen LogP contribution is 2.29. The fraction of sp³-hybridized carbons (Fsp3) is 0.259. The van der Waals surface area contributed by atoms with Crippen LogP contribution in [0.15, 0.2) is 71.6 Å². The molecule has 0 aliphatic carbocycles. The van der Waals surface area contributed by atoms with Gasteiger partial charge in [-0.2, -0.15) is 0 Å². The maximum atomic E-state index is 13.6. The van der Waals surface area contributed by atoms with Gasteiger partial charge in [-0.25, -0.2) is 8.42 Å². The van der Waals surface area contributed by atoms with Gasteiger partial charge in [0, 0.05) is 24.3 Å². The van der Waals surface area contributed by atoms with E-state index in [1.54, 1.807) is 47.4 Å². The zero-order valence-electron chi connectivity index (χ0n) is 20.1. The first-order valence-corrected chi connectivity index (χ1v) is 13.0. The van der Waals surface area contributed by atoms with Crippen LogP contribution in [0.3, 0.4) is 0 Å². The molecule has 2 amide bonds. The van der Waals surface area contributed by atoms with E-state index in [9.17, 15) is 18.0 Å². The van der Waals surface area contributed by atoms with Crippen LogP contribution < -0.4 is 14.5 Å². The first kappa shape index (κ1) is 24.5. The molecule has 1 aliphatic rings. The van der Waals surface area contributed by atoms with Crippen LogP contribution in [0.1, 0.15) is 29.5 Å². The Morgan fingerprint density at radius 1 is 0.971 bits per heavy atom. The molecule has 3 aromatic carbocycles. The van der Waals surface area contributed by atoms with Crippen molar-refractivity contribution in [2.45, 2.75) is 38.5 Å². The van der Waals surface area contributed by atoms with Crippen LogP contribution in [0.25, 0.3) is 0 Å². The number of hydrogen-bond acceptors (Lipinski definition) is 4. The summed E-state index contributed by atoms with van der Waals surface area (Å²) in [5.41, 5.74) is 4.41. The molecule has 0 radical (unpaired) electrons. The first-order chi connectivity index (χ1) is 16.6. The second kappa shape index (κ2) is 9.92. The number of carbonyl (C=O) groups excluding carboxylic acids is 2. The molecule has 0 atom stereocenters. The van der Waals surface area contributed by atoms with E-state index in [4.69, 9.17) is 0 Å². The van der Waals surface area contributed by atoms with Gasteiger partial charge in [-0.1, -0.05) is 30.3 Å². The summed E-state index contributed by atoms with van der Waals surface area (Å²) in [6, 6.07) is 18.9. The van der Waals surface area contributed by atoms with Gasteiger partial charge in [0.25, 0.3) is 10.0 Å². The second-order valence-electron chi connectivity index (χ2n) is 8.87. The molecule has 1 aliphatic heterocycles. The Morgan fingerprint density at radius 2 is 1.66 bits per heavy atom. The smallest absolute Gasteiger partial charge is 0.264 e. The molecule has 0 spiro atoms. The third-order valence-electron chi connectivity index (χ3n) is 5.97. The SMILES string of the molecule is Cc1cc(C)cc(N(CC(=O)Nc2ccc(C)c(N3CCCC3=O)c2)S(=O)(=O)c2ccccc2)c1. The quantitative estimate of drug-likeness (QED) is 0.524. The van der Waals surface area contributed by atoms with Crippen LogP contribution >= 0.6 is 0 Å². The first-order valence-electron chi connectivity index (χ1n) is 11.5. The van der Waals surface area contributed by atoms with Crippen molar-refractivity contribution < 1.29 is 18.0 Å². The Morgan fingerprint density at radius 3 is 2.29 bits per heavy atom. The number of benzene rings is 3. The van der Waals surface area contributed by atoms with Crippen molar-refractivity contribution >= 4 is 38.9 Å². The topological polar surface area (TPSA) is 86.8 Å². The van der Waals surface area contributed by atoms with Gasteiger partial charge < -0.3 is 10.2 Å². The summed E-state index contributed by atoms with van der Waals surface area (Å²) >= 11 is 0. The molecule has 8 heteroatoms. The molecule has 7 nitrogen and oxygen atoms in total. The van der Waals surface area contributed by atoms with E-state index in [-0.39, 0.29) is 10.8 Å². The zero-order chi connectivity index (χ0) is 25.2. The summed E-state index contributed by atoms with van der Waals surface area (Å²) in [5, 5.41) is 2.82. The number of hydrogen-bond donors (Lipinski definition) is 1. The second-order valence-corrected chi connectivity index (χ2v) is 10.7. The van der Waals surface area contributed by atoms with Gasteiger partial charge >= 0.3 is 0 Å². The summed E-state index contributed by atoms with van der Waals surface area (Å²) in [7, 11) is -3.99. The van der Waals surface area contributed by atoms with E-state index < -0.39 is 22.5 Å². The maximum Gasteiger partial charge on any atom is 0.264 e. The maximum absolute atomic E-state index is 13.6. The molecule has 1 saturated heterocycles. The van der Waals surface area contributed by atoms with Crippen molar-refractivity contribution in [2.24, 2.45) is 0 Å². The third-order valence-corrected chi connectivity index (χ3v) is 7.76. The number of sulfonamides is 1. The zero-order valence-corrected chi connectivity index (χ0v) is 20.9. The molecular formula is C27H29N3O4S. The molecule has 0 unspecified atom stereocenters. The monoisotopic (exact) mass is 491 g/mol. The minimum Gasteiger partial charge on any atom is -0.324 e. The van der Waals surface area contributed by atoms with Crippen LogP contribution in [0, 0.1) is 20.8 Å². The largest absolute Gasteiger partial charge is 0.324 e. The summed E-state index contributed by atoms with van der Waals surface area (Å²) < 4.78 is 28.2. The lowest BCUT2D eigenvalue weighted by atomic mass is 10.1. The molecule has 4 rings (SSSR count). The van der Waals surface area contributed by atoms with Gasteiger partial charge in [0.2, 0.25) is 11.8 Å². The van der Waals surface area contributed by atoms with Crippen molar-refractivity contribution in [3.8, 4) is 0 Å². The third kappa shape index (κ3) is 5.38. The highest BCUT2D eigenvalue weighted by atomic mass is 32.2. The standard InChI is InChI=1S/C27H29N3O4S/c1-19-14-20(2)16-23(15-19)30(35(33,34)24-8-5-4-6-9-24)18-26(31)28-22-12-11-21(3)25(17-22)29-13-7-10-27(29)32/h4-6,8-9,11-12,14-17H,7,10,13,18H2,1-3H3,(H,28,31). The van der Waals surface area contributed by atoms with Gasteiger partial charge in [-0.15, -0.1) is 0 Å². The van der Waals surface area contributed by atoms with Gasteiger partial charge in [0.15, 0.2) is 0 Å². The lowest BCUT2D eigenvalue weighted by Crippen LogP contribution is -2.38. The summed E-state index contributed by atoms with van der Waals surface area (Å²) in [4.78, 5) is 27.2. The Labute approximate surface area is 206 Å². The van der Waals surface area contributed by atoms with E-state index in [1.165, 1.54) is 12.1 Å². The van der Waals surface area contributed by atoms with E-state index in [1.807, 2.05) is 32.9 Å². The van der Waals surface area contributed by atoms with Crippen molar-refractivity contribution in [3.63, 3.8) is 0 Å².